The number of rotatable bonds is 6. The van der Waals surface area contributed by atoms with Crippen LogP contribution in [0, 0.1) is 0 Å². The van der Waals surface area contributed by atoms with Gasteiger partial charge in [0.25, 0.3) is 5.91 Å². The standard InChI is InChI=1S/C16H16N2O4/c1-21-14-8-11(9-19)7-13(17)16(14)22-10-15(20)18-12-5-3-2-4-6-12/h2-9H,10,17H2,1H3,(H,18,20). The van der Waals surface area contributed by atoms with Crippen LogP contribution in [-0.2, 0) is 4.79 Å². The van der Waals surface area contributed by atoms with Gasteiger partial charge in [0.15, 0.2) is 18.1 Å². The molecule has 0 bridgehead atoms. The van der Waals surface area contributed by atoms with E-state index in [1.54, 1.807) is 12.1 Å². The van der Waals surface area contributed by atoms with Crippen molar-refractivity contribution in [2.45, 2.75) is 0 Å². The first kappa shape index (κ1) is 15.4. The molecule has 0 unspecified atom stereocenters. The number of anilines is 2. The number of carbonyl (C=O) groups excluding carboxylic acids is 2. The van der Waals surface area contributed by atoms with Crippen LogP contribution in [0.4, 0.5) is 11.4 Å². The lowest BCUT2D eigenvalue weighted by atomic mass is 10.2. The van der Waals surface area contributed by atoms with Crippen molar-refractivity contribution in [2.24, 2.45) is 0 Å². The van der Waals surface area contributed by atoms with Gasteiger partial charge in [-0.15, -0.1) is 0 Å². The monoisotopic (exact) mass is 300 g/mol. The minimum atomic E-state index is -0.327. The molecule has 2 rings (SSSR count). The Kier molecular flexibility index (Phi) is 4.98. The summed E-state index contributed by atoms with van der Waals surface area (Å²) in [5.41, 5.74) is 7.09. The number of para-hydroxylation sites is 1. The Balaban J connectivity index is 2.05. The summed E-state index contributed by atoms with van der Waals surface area (Å²) in [4.78, 5) is 22.6. The van der Waals surface area contributed by atoms with Crippen molar-refractivity contribution in [3.63, 3.8) is 0 Å². The molecule has 0 saturated heterocycles. The van der Waals surface area contributed by atoms with Crippen molar-refractivity contribution in [2.75, 3.05) is 24.8 Å². The van der Waals surface area contributed by atoms with Crippen molar-refractivity contribution in [1.82, 2.24) is 0 Å². The lowest BCUT2D eigenvalue weighted by Gasteiger charge is -2.13. The average Bonchev–Trinajstić information content (AvgIpc) is 2.53. The van der Waals surface area contributed by atoms with Gasteiger partial charge < -0.3 is 20.5 Å². The molecule has 0 radical (unpaired) electrons. The normalized spacial score (nSPS) is 9.86. The number of methoxy groups -OCH3 is 1. The minimum absolute atomic E-state index is 0.226. The number of nitrogens with one attached hydrogen (secondary N) is 1. The molecule has 0 aliphatic rings. The zero-order valence-electron chi connectivity index (χ0n) is 12.0. The van der Waals surface area contributed by atoms with E-state index in [0.29, 0.717) is 23.3 Å². The SMILES string of the molecule is COc1cc(C=O)cc(N)c1OCC(=O)Nc1ccccc1. The van der Waals surface area contributed by atoms with Gasteiger partial charge in [0, 0.05) is 11.3 Å². The molecule has 0 spiro atoms. The van der Waals surface area contributed by atoms with Crippen molar-refractivity contribution in [1.29, 1.82) is 0 Å². The molecule has 3 N–H and O–H groups in total. The van der Waals surface area contributed by atoms with Crippen LogP contribution in [0.5, 0.6) is 11.5 Å². The summed E-state index contributed by atoms with van der Waals surface area (Å²) in [7, 11) is 1.43. The number of aldehydes is 1. The third kappa shape index (κ3) is 3.76. The van der Waals surface area contributed by atoms with Gasteiger partial charge in [-0.05, 0) is 24.3 Å². The number of hydrogen-bond donors (Lipinski definition) is 2. The Labute approximate surface area is 127 Å². The smallest absolute Gasteiger partial charge is 0.262 e. The molecule has 6 nitrogen and oxygen atoms in total. The van der Waals surface area contributed by atoms with Crippen molar-refractivity contribution in [3.05, 3.63) is 48.0 Å². The van der Waals surface area contributed by atoms with Crippen LogP contribution >= 0.6 is 0 Å². The second-order valence-electron chi connectivity index (χ2n) is 4.46. The average molecular weight is 300 g/mol. The van der Waals surface area contributed by atoms with Crippen LogP contribution < -0.4 is 20.5 Å². The van der Waals surface area contributed by atoms with E-state index >= 15 is 0 Å². The van der Waals surface area contributed by atoms with Crippen LogP contribution in [-0.4, -0.2) is 25.9 Å². The van der Waals surface area contributed by atoms with E-state index in [-0.39, 0.29) is 24.0 Å². The maximum absolute atomic E-state index is 11.8. The molecular formula is C16H16N2O4. The highest BCUT2D eigenvalue weighted by molar-refractivity contribution is 5.92. The fourth-order valence-electron chi connectivity index (χ4n) is 1.88. The van der Waals surface area contributed by atoms with Crippen LogP contribution in [0.2, 0.25) is 0 Å². The van der Waals surface area contributed by atoms with Gasteiger partial charge in [-0.3, -0.25) is 9.59 Å². The number of hydrogen-bond acceptors (Lipinski definition) is 5. The minimum Gasteiger partial charge on any atom is -0.493 e. The van der Waals surface area contributed by atoms with Gasteiger partial charge in [0.05, 0.1) is 12.8 Å². The van der Waals surface area contributed by atoms with Crippen molar-refractivity contribution < 1.29 is 19.1 Å². The van der Waals surface area contributed by atoms with Crippen LogP contribution in [0.1, 0.15) is 10.4 Å². The number of nitrogens with two attached hydrogens (primary N) is 1. The highest BCUT2D eigenvalue weighted by Crippen LogP contribution is 2.34. The zero-order chi connectivity index (χ0) is 15.9. The summed E-state index contributed by atoms with van der Waals surface area (Å²) >= 11 is 0. The van der Waals surface area contributed by atoms with Crippen LogP contribution in [0.25, 0.3) is 0 Å². The Morgan fingerprint density at radius 3 is 2.64 bits per heavy atom. The zero-order valence-corrected chi connectivity index (χ0v) is 12.0. The molecule has 1 amide bonds. The van der Waals surface area contributed by atoms with Gasteiger partial charge in [-0.2, -0.15) is 0 Å². The van der Waals surface area contributed by atoms with Crippen molar-refractivity contribution in [3.8, 4) is 11.5 Å². The summed E-state index contributed by atoms with van der Waals surface area (Å²) in [6, 6.07) is 12.0. The van der Waals surface area contributed by atoms with E-state index in [1.807, 2.05) is 18.2 Å². The Morgan fingerprint density at radius 1 is 1.27 bits per heavy atom. The summed E-state index contributed by atoms with van der Waals surface area (Å²) in [5, 5.41) is 2.69. The second kappa shape index (κ2) is 7.12. The van der Waals surface area contributed by atoms with E-state index in [4.69, 9.17) is 15.2 Å². The largest absolute Gasteiger partial charge is 0.493 e. The first-order valence-corrected chi connectivity index (χ1v) is 6.54. The molecular weight excluding hydrogens is 284 g/mol. The number of nitrogen functional groups attached to an aromatic ring is 1. The fourth-order valence-corrected chi connectivity index (χ4v) is 1.88. The third-order valence-electron chi connectivity index (χ3n) is 2.87. The molecule has 2 aromatic carbocycles. The lowest BCUT2D eigenvalue weighted by molar-refractivity contribution is -0.118. The predicted octanol–water partition coefficient (Wildman–Crippen LogP) is 2.11. The topological polar surface area (TPSA) is 90.7 Å². The molecule has 0 aliphatic carbocycles. The van der Waals surface area contributed by atoms with E-state index in [9.17, 15) is 9.59 Å². The van der Waals surface area contributed by atoms with Gasteiger partial charge in [-0.25, -0.2) is 0 Å². The molecule has 0 aromatic heterocycles. The number of amides is 1. The summed E-state index contributed by atoms with van der Waals surface area (Å²) in [6.45, 7) is -0.226. The van der Waals surface area contributed by atoms with E-state index in [0.717, 1.165) is 0 Å². The maximum atomic E-state index is 11.8. The Morgan fingerprint density at radius 2 is 2.00 bits per heavy atom. The number of benzene rings is 2. The van der Waals surface area contributed by atoms with E-state index in [1.165, 1.54) is 19.2 Å². The molecule has 0 aliphatic heterocycles. The van der Waals surface area contributed by atoms with Crippen LogP contribution in [0.15, 0.2) is 42.5 Å². The Hall–Kier alpha value is -3.02. The number of ether oxygens (including phenoxy) is 2. The first-order valence-electron chi connectivity index (χ1n) is 6.54. The van der Waals surface area contributed by atoms with Gasteiger partial charge in [0.2, 0.25) is 0 Å². The third-order valence-corrected chi connectivity index (χ3v) is 2.87. The predicted molar refractivity (Wildman–Crippen MR) is 83.4 cm³/mol. The molecule has 0 fully saturated rings. The molecule has 22 heavy (non-hydrogen) atoms. The molecule has 0 heterocycles. The quantitative estimate of drug-likeness (QED) is 0.630. The lowest BCUT2D eigenvalue weighted by Crippen LogP contribution is -2.20. The molecule has 6 heteroatoms. The molecule has 0 atom stereocenters. The van der Waals surface area contributed by atoms with Crippen molar-refractivity contribution >= 4 is 23.6 Å². The Bertz CT molecular complexity index is 671. The first-order chi connectivity index (χ1) is 10.6. The molecule has 0 saturated carbocycles. The van der Waals surface area contributed by atoms with Gasteiger partial charge >= 0.3 is 0 Å². The summed E-state index contributed by atoms with van der Waals surface area (Å²) < 4.78 is 10.5. The van der Waals surface area contributed by atoms with Gasteiger partial charge in [0.1, 0.15) is 6.29 Å². The van der Waals surface area contributed by atoms with E-state index < -0.39 is 0 Å². The van der Waals surface area contributed by atoms with E-state index in [2.05, 4.69) is 5.32 Å². The number of carbonyl (C=O) groups is 2. The molecule has 114 valence electrons. The summed E-state index contributed by atoms with van der Waals surface area (Å²) in [6.07, 6.45) is 0.658. The van der Waals surface area contributed by atoms with Crippen LogP contribution in [0.3, 0.4) is 0 Å². The second-order valence-corrected chi connectivity index (χ2v) is 4.46. The van der Waals surface area contributed by atoms with Gasteiger partial charge in [-0.1, -0.05) is 18.2 Å². The molecule has 2 aromatic rings. The maximum Gasteiger partial charge on any atom is 0.262 e. The highest BCUT2D eigenvalue weighted by atomic mass is 16.5. The summed E-state index contributed by atoms with van der Waals surface area (Å²) in [5.74, 6) is 0.207. The highest BCUT2D eigenvalue weighted by Gasteiger charge is 2.13. The fraction of sp³-hybridized carbons (Fsp3) is 0.125.